The predicted molar refractivity (Wildman–Crippen MR) is 117 cm³/mol. The van der Waals surface area contributed by atoms with Crippen LogP contribution in [0.5, 0.6) is 0 Å². The molecule has 1 aliphatic rings. The number of carbonyl (C=O) groups excluding carboxylic acids is 3. The number of benzene rings is 2. The largest absolute Gasteiger partial charge is 0.459 e. The number of fused-ring (bicyclic) bond motifs is 1. The fourth-order valence-corrected chi connectivity index (χ4v) is 3.93. The minimum atomic E-state index is -0.306. The normalized spacial score (nSPS) is 14.4. The van der Waals surface area contributed by atoms with Crippen LogP contribution in [0.2, 0.25) is 0 Å². The van der Waals surface area contributed by atoms with Gasteiger partial charge in [0.1, 0.15) is 0 Å². The molecular formula is C24H25N3O4. The Labute approximate surface area is 180 Å². The third-order valence-corrected chi connectivity index (χ3v) is 5.63. The summed E-state index contributed by atoms with van der Waals surface area (Å²) in [6, 6.07) is 16.9. The molecule has 0 spiro atoms. The van der Waals surface area contributed by atoms with E-state index in [1.807, 2.05) is 47.4 Å². The first-order chi connectivity index (χ1) is 15.1. The Morgan fingerprint density at radius 3 is 2.42 bits per heavy atom. The number of rotatable bonds is 6. The summed E-state index contributed by atoms with van der Waals surface area (Å²) < 4.78 is 5.02. The predicted octanol–water partition coefficient (Wildman–Crippen LogP) is 2.83. The number of nitrogens with zero attached hydrogens (tertiary/aromatic N) is 1. The van der Waals surface area contributed by atoms with E-state index in [-0.39, 0.29) is 29.4 Å². The summed E-state index contributed by atoms with van der Waals surface area (Å²) in [5.41, 5.74) is 0.702. The van der Waals surface area contributed by atoms with E-state index in [0.29, 0.717) is 44.6 Å². The molecule has 1 saturated heterocycles. The second-order valence-corrected chi connectivity index (χ2v) is 7.62. The van der Waals surface area contributed by atoms with E-state index >= 15 is 0 Å². The fraction of sp³-hybridized carbons (Fsp3) is 0.292. The first-order valence-corrected chi connectivity index (χ1v) is 10.5. The van der Waals surface area contributed by atoms with Gasteiger partial charge < -0.3 is 20.0 Å². The zero-order valence-electron chi connectivity index (χ0n) is 17.2. The van der Waals surface area contributed by atoms with Crippen molar-refractivity contribution in [3.8, 4) is 0 Å². The summed E-state index contributed by atoms with van der Waals surface area (Å²) in [7, 11) is 0. The molecule has 0 atom stereocenters. The maximum atomic E-state index is 13.0. The molecule has 0 bridgehead atoms. The number of hydrogen-bond donors (Lipinski definition) is 2. The molecule has 7 nitrogen and oxygen atoms in total. The van der Waals surface area contributed by atoms with E-state index in [0.717, 1.165) is 10.8 Å². The van der Waals surface area contributed by atoms with Crippen molar-refractivity contribution < 1.29 is 18.8 Å². The average Bonchev–Trinajstić information content (AvgIpc) is 3.36. The molecule has 160 valence electrons. The van der Waals surface area contributed by atoms with Crippen LogP contribution < -0.4 is 10.6 Å². The molecule has 2 heterocycles. The molecule has 1 aliphatic heterocycles. The molecule has 2 N–H and O–H groups in total. The average molecular weight is 419 g/mol. The van der Waals surface area contributed by atoms with Gasteiger partial charge in [-0.3, -0.25) is 14.4 Å². The highest BCUT2D eigenvalue weighted by Crippen LogP contribution is 2.23. The maximum Gasteiger partial charge on any atom is 0.287 e. The van der Waals surface area contributed by atoms with Gasteiger partial charge in [-0.15, -0.1) is 0 Å². The number of likely N-dealkylation sites (tertiary alicyclic amines) is 1. The lowest BCUT2D eigenvalue weighted by atomic mass is 9.95. The number of furan rings is 1. The van der Waals surface area contributed by atoms with Crippen molar-refractivity contribution in [3.63, 3.8) is 0 Å². The zero-order valence-corrected chi connectivity index (χ0v) is 17.2. The summed E-state index contributed by atoms with van der Waals surface area (Å²) >= 11 is 0. The molecule has 7 heteroatoms. The molecular weight excluding hydrogens is 394 g/mol. The number of nitrogens with one attached hydrogen (secondary N) is 2. The minimum absolute atomic E-state index is 0.0105. The van der Waals surface area contributed by atoms with Gasteiger partial charge in [0.05, 0.1) is 6.26 Å². The molecule has 1 fully saturated rings. The van der Waals surface area contributed by atoms with Crippen LogP contribution >= 0.6 is 0 Å². The smallest absolute Gasteiger partial charge is 0.287 e. The molecule has 1 aromatic heterocycles. The van der Waals surface area contributed by atoms with E-state index in [1.54, 1.807) is 12.1 Å². The standard InChI is InChI=1S/C24H25N3O4/c28-22(25-12-13-26-23(29)21-9-4-16-31-21)18-10-14-27(15-11-18)24(30)20-8-3-6-17-5-1-2-7-19(17)20/h1-9,16,18H,10-15H2,(H,25,28)(H,26,29). The Balaban J connectivity index is 1.24. The second kappa shape index (κ2) is 9.47. The number of amides is 3. The van der Waals surface area contributed by atoms with Gasteiger partial charge in [0.25, 0.3) is 11.8 Å². The number of hydrogen-bond acceptors (Lipinski definition) is 4. The molecule has 3 aromatic rings. The van der Waals surface area contributed by atoms with Crippen LogP contribution in [0.25, 0.3) is 10.8 Å². The van der Waals surface area contributed by atoms with Crippen LogP contribution in [0.4, 0.5) is 0 Å². The zero-order chi connectivity index (χ0) is 21.6. The Morgan fingerprint density at radius 2 is 1.65 bits per heavy atom. The Kier molecular flexibility index (Phi) is 6.31. The highest BCUT2D eigenvalue weighted by atomic mass is 16.3. The molecule has 31 heavy (non-hydrogen) atoms. The summed E-state index contributed by atoms with van der Waals surface area (Å²) in [5.74, 6) is -0.216. The van der Waals surface area contributed by atoms with Gasteiger partial charge in [-0.2, -0.15) is 0 Å². The number of piperidine rings is 1. The first kappa shape index (κ1) is 20.7. The molecule has 3 amide bonds. The minimum Gasteiger partial charge on any atom is -0.459 e. The Bertz CT molecular complexity index is 1060. The molecule has 0 radical (unpaired) electrons. The van der Waals surface area contributed by atoms with Crippen molar-refractivity contribution in [1.82, 2.24) is 15.5 Å². The molecule has 2 aromatic carbocycles. The topological polar surface area (TPSA) is 91.7 Å². The van der Waals surface area contributed by atoms with Crippen molar-refractivity contribution >= 4 is 28.5 Å². The van der Waals surface area contributed by atoms with Crippen molar-refractivity contribution in [2.45, 2.75) is 12.8 Å². The summed E-state index contributed by atoms with van der Waals surface area (Å²) in [6.45, 7) is 1.77. The van der Waals surface area contributed by atoms with E-state index in [2.05, 4.69) is 10.6 Å². The van der Waals surface area contributed by atoms with Crippen LogP contribution in [0.3, 0.4) is 0 Å². The summed E-state index contributed by atoms with van der Waals surface area (Å²) in [6.07, 6.45) is 2.69. The van der Waals surface area contributed by atoms with Crippen LogP contribution in [-0.4, -0.2) is 48.8 Å². The highest BCUT2D eigenvalue weighted by molar-refractivity contribution is 6.07. The van der Waals surface area contributed by atoms with Crippen molar-refractivity contribution in [3.05, 3.63) is 72.2 Å². The quantitative estimate of drug-likeness (QED) is 0.601. The third kappa shape index (κ3) is 4.77. The monoisotopic (exact) mass is 419 g/mol. The second-order valence-electron chi connectivity index (χ2n) is 7.62. The van der Waals surface area contributed by atoms with Gasteiger partial charge in [-0.25, -0.2) is 0 Å². The third-order valence-electron chi connectivity index (χ3n) is 5.63. The van der Waals surface area contributed by atoms with Crippen LogP contribution in [0.1, 0.15) is 33.8 Å². The Hall–Kier alpha value is -3.61. The van der Waals surface area contributed by atoms with Crippen molar-refractivity contribution in [1.29, 1.82) is 0 Å². The lowest BCUT2D eigenvalue weighted by Gasteiger charge is -2.31. The van der Waals surface area contributed by atoms with E-state index in [4.69, 9.17) is 4.42 Å². The van der Waals surface area contributed by atoms with Crippen LogP contribution in [0, 0.1) is 5.92 Å². The highest BCUT2D eigenvalue weighted by Gasteiger charge is 2.28. The summed E-state index contributed by atoms with van der Waals surface area (Å²) in [4.78, 5) is 39.1. The van der Waals surface area contributed by atoms with Crippen molar-refractivity contribution in [2.24, 2.45) is 5.92 Å². The number of carbonyl (C=O) groups is 3. The van der Waals surface area contributed by atoms with Crippen LogP contribution in [-0.2, 0) is 4.79 Å². The maximum absolute atomic E-state index is 13.0. The van der Waals surface area contributed by atoms with E-state index < -0.39 is 0 Å². The molecule has 0 saturated carbocycles. The van der Waals surface area contributed by atoms with Gasteiger partial charge in [0, 0.05) is 37.7 Å². The first-order valence-electron chi connectivity index (χ1n) is 10.5. The fourth-order valence-electron chi connectivity index (χ4n) is 3.93. The summed E-state index contributed by atoms with van der Waals surface area (Å²) in [5, 5.41) is 7.56. The van der Waals surface area contributed by atoms with Gasteiger partial charge >= 0.3 is 0 Å². The molecule has 4 rings (SSSR count). The van der Waals surface area contributed by atoms with E-state index in [1.165, 1.54) is 6.26 Å². The van der Waals surface area contributed by atoms with Gasteiger partial charge in [0.2, 0.25) is 5.91 Å². The van der Waals surface area contributed by atoms with Crippen LogP contribution in [0.15, 0.2) is 65.3 Å². The lowest BCUT2D eigenvalue weighted by Crippen LogP contribution is -2.44. The Morgan fingerprint density at radius 1 is 0.903 bits per heavy atom. The van der Waals surface area contributed by atoms with Gasteiger partial charge in [-0.1, -0.05) is 36.4 Å². The van der Waals surface area contributed by atoms with Gasteiger partial charge in [0.15, 0.2) is 5.76 Å². The van der Waals surface area contributed by atoms with Crippen molar-refractivity contribution in [2.75, 3.05) is 26.2 Å². The SMILES string of the molecule is O=C(NCCNC(=O)C1CCN(C(=O)c2cccc3ccccc23)CC1)c1ccco1. The lowest BCUT2D eigenvalue weighted by molar-refractivity contribution is -0.126. The van der Waals surface area contributed by atoms with Gasteiger partial charge in [-0.05, 0) is 41.8 Å². The van der Waals surface area contributed by atoms with E-state index in [9.17, 15) is 14.4 Å². The molecule has 0 unspecified atom stereocenters. The molecule has 0 aliphatic carbocycles.